The van der Waals surface area contributed by atoms with Crippen LogP contribution in [0.1, 0.15) is 24.2 Å². The van der Waals surface area contributed by atoms with Crippen LogP contribution in [0.5, 0.6) is 5.75 Å². The number of methoxy groups -OCH3 is 1. The Labute approximate surface area is 149 Å². The lowest BCUT2D eigenvalue weighted by Crippen LogP contribution is -2.38. The van der Waals surface area contributed by atoms with Gasteiger partial charge in [0.05, 0.1) is 19.8 Å². The number of aromatic nitrogens is 1. The smallest absolute Gasteiger partial charge is 0.191 e. The second-order valence-electron chi connectivity index (χ2n) is 5.50. The average molecular weight is 342 g/mol. The molecule has 1 aromatic carbocycles. The molecule has 1 atom stereocenters. The normalized spacial score (nSPS) is 12.5. The first-order valence-electron chi connectivity index (χ1n) is 8.46. The fourth-order valence-corrected chi connectivity index (χ4v) is 2.44. The number of nitrogens with one attached hydrogen (secondary N) is 2. The lowest BCUT2D eigenvalue weighted by Gasteiger charge is -2.14. The molecule has 0 aliphatic heterocycles. The Kier molecular flexibility index (Phi) is 7.72. The quantitative estimate of drug-likeness (QED) is 0.505. The van der Waals surface area contributed by atoms with Crippen molar-refractivity contribution in [2.24, 2.45) is 4.99 Å². The minimum absolute atomic E-state index is 0.286. The predicted molar refractivity (Wildman–Crippen MR) is 99.9 cm³/mol. The van der Waals surface area contributed by atoms with E-state index in [2.05, 4.69) is 26.7 Å². The number of nitrogens with zero attached hydrogens (tertiary/aromatic N) is 2. The number of aliphatic hydroxyl groups excluding tert-OH is 1. The summed E-state index contributed by atoms with van der Waals surface area (Å²) in [6.45, 7) is 3.77. The summed E-state index contributed by atoms with van der Waals surface area (Å²) in [5.74, 6) is 1.57. The van der Waals surface area contributed by atoms with Gasteiger partial charge in [-0.05, 0) is 42.7 Å². The lowest BCUT2D eigenvalue weighted by molar-refractivity contribution is 0.187. The van der Waals surface area contributed by atoms with Crippen LogP contribution in [-0.2, 0) is 6.42 Å². The number of para-hydroxylation sites is 1. The molecular weight excluding hydrogens is 316 g/mol. The summed E-state index contributed by atoms with van der Waals surface area (Å²) in [5, 5.41) is 16.7. The van der Waals surface area contributed by atoms with E-state index in [1.54, 1.807) is 31.6 Å². The Morgan fingerprint density at radius 1 is 1.20 bits per heavy atom. The number of aliphatic hydroxyl groups is 1. The summed E-state index contributed by atoms with van der Waals surface area (Å²) in [5.41, 5.74) is 1.95. The largest absolute Gasteiger partial charge is 0.496 e. The Morgan fingerprint density at radius 2 is 1.96 bits per heavy atom. The van der Waals surface area contributed by atoms with E-state index in [4.69, 9.17) is 4.74 Å². The Balaban J connectivity index is 1.89. The molecule has 1 unspecified atom stereocenters. The first-order chi connectivity index (χ1) is 12.2. The maximum absolute atomic E-state index is 10.2. The van der Waals surface area contributed by atoms with Crippen molar-refractivity contribution in [2.45, 2.75) is 19.4 Å². The highest BCUT2D eigenvalue weighted by molar-refractivity contribution is 5.79. The zero-order valence-corrected chi connectivity index (χ0v) is 14.8. The Hall–Kier alpha value is -2.60. The third-order valence-corrected chi connectivity index (χ3v) is 3.74. The van der Waals surface area contributed by atoms with Gasteiger partial charge in [-0.25, -0.2) is 0 Å². The zero-order valence-electron chi connectivity index (χ0n) is 14.8. The molecule has 0 radical (unpaired) electrons. The second kappa shape index (κ2) is 10.3. The van der Waals surface area contributed by atoms with Crippen LogP contribution in [0, 0.1) is 0 Å². The number of benzene rings is 1. The van der Waals surface area contributed by atoms with E-state index in [0.717, 1.165) is 36.4 Å². The highest BCUT2D eigenvalue weighted by Crippen LogP contribution is 2.17. The van der Waals surface area contributed by atoms with Gasteiger partial charge in [0.25, 0.3) is 0 Å². The summed E-state index contributed by atoms with van der Waals surface area (Å²) in [7, 11) is 1.68. The highest BCUT2D eigenvalue weighted by atomic mass is 16.5. The summed E-state index contributed by atoms with van der Waals surface area (Å²) in [4.78, 5) is 8.41. The molecule has 1 heterocycles. The third-order valence-electron chi connectivity index (χ3n) is 3.74. The van der Waals surface area contributed by atoms with E-state index in [0.29, 0.717) is 5.96 Å². The monoisotopic (exact) mass is 342 g/mol. The fourth-order valence-electron chi connectivity index (χ4n) is 2.44. The van der Waals surface area contributed by atoms with Crippen LogP contribution in [-0.4, -0.2) is 42.8 Å². The fraction of sp³-hybridized carbons (Fsp3) is 0.368. The Bertz CT molecular complexity index is 661. The molecule has 0 saturated carbocycles. The van der Waals surface area contributed by atoms with Crippen molar-refractivity contribution in [1.29, 1.82) is 0 Å². The summed E-state index contributed by atoms with van der Waals surface area (Å²) in [6.07, 6.45) is 3.51. The van der Waals surface area contributed by atoms with E-state index in [1.807, 2.05) is 25.1 Å². The SMILES string of the molecule is CCNC(=NCC(O)c1ccncc1)NCCc1ccccc1OC. The summed E-state index contributed by atoms with van der Waals surface area (Å²) < 4.78 is 5.37. The van der Waals surface area contributed by atoms with Crippen LogP contribution < -0.4 is 15.4 Å². The van der Waals surface area contributed by atoms with Gasteiger partial charge >= 0.3 is 0 Å². The summed E-state index contributed by atoms with van der Waals surface area (Å²) in [6, 6.07) is 11.6. The maximum Gasteiger partial charge on any atom is 0.191 e. The molecule has 2 aromatic rings. The number of guanidine groups is 1. The van der Waals surface area contributed by atoms with Crippen LogP contribution in [0.25, 0.3) is 0 Å². The average Bonchev–Trinajstić information content (AvgIpc) is 2.67. The van der Waals surface area contributed by atoms with Crippen molar-refractivity contribution < 1.29 is 9.84 Å². The van der Waals surface area contributed by atoms with Gasteiger partial charge in [0.15, 0.2) is 5.96 Å². The molecule has 0 aliphatic rings. The van der Waals surface area contributed by atoms with Crippen LogP contribution >= 0.6 is 0 Å². The van der Waals surface area contributed by atoms with E-state index in [-0.39, 0.29) is 6.54 Å². The van der Waals surface area contributed by atoms with Crippen LogP contribution in [0.15, 0.2) is 53.8 Å². The second-order valence-corrected chi connectivity index (χ2v) is 5.50. The molecule has 2 rings (SSSR count). The maximum atomic E-state index is 10.2. The molecular formula is C19H26N4O2. The number of hydrogen-bond donors (Lipinski definition) is 3. The molecule has 0 aliphatic carbocycles. The van der Waals surface area contributed by atoms with Gasteiger partial charge in [-0.2, -0.15) is 0 Å². The van der Waals surface area contributed by atoms with Crippen LogP contribution in [0.2, 0.25) is 0 Å². The number of hydrogen-bond acceptors (Lipinski definition) is 4. The van der Waals surface area contributed by atoms with Gasteiger partial charge in [0.2, 0.25) is 0 Å². The summed E-state index contributed by atoms with van der Waals surface area (Å²) >= 11 is 0. The molecule has 25 heavy (non-hydrogen) atoms. The van der Waals surface area contributed by atoms with Gasteiger partial charge in [0.1, 0.15) is 5.75 Å². The number of ether oxygens (including phenoxy) is 1. The molecule has 134 valence electrons. The number of pyridine rings is 1. The van der Waals surface area contributed by atoms with Crippen molar-refractivity contribution in [1.82, 2.24) is 15.6 Å². The van der Waals surface area contributed by atoms with Crippen LogP contribution in [0.3, 0.4) is 0 Å². The molecule has 1 aromatic heterocycles. The molecule has 0 saturated heterocycles. The molecule has 6 heteroatoms. The first kappa shape index (κ1) is 18.7. The topological polar surface area (TPSA) is 78.8 Å². The number of aliphatic imine (C=N–C) groups is 1. The van der Waals surface area contributed by atoms with Crippen LogP contribution in [0.4, 0.5) is 0 Å². The van der Waals surface area contributed by atoms with E-state index in [1.165, 1.54) is 0 Å². The van der Waals surface area contributed by atoms with Gasteiger partial charge < -0.3 is 20.5 Å². The standard InChI is InChI=1S/C19H26N4O2/c1-3-21-19(23-14-17(24)15-8-11-20-12-9-15)22-13-10-16-6-4-5-7-18(16)25-2/h4-9,11-12,17,24H,3,10,13-14H2,1-2H3,(H2,21,22,23). The molecule has 0 spiro atoms. The minimum atomic E-state index is -0.646. The van der Waals surface area contributed by atoms with E-state index < -0.39 is 6.10 Å². The molecule has 0 fully saturated rings. The minimum Gasteiger partial charge on any atom is -0.496 e. The van der Waals surface area contributed by atoms with E-state index in [9.17, 15) is 5.11 Å². The van der Waals surface area contributed by atoms with Crippen molar-refractivity contribution in [3.05, 3.63) is 59.9 Å². The van der Waals surface area contributed by atoms with Gasteiger partial charge in [0, 0.05) is 25.5 Å². The molecule has 3 N–H and O–H groups in total. The Morgan fingerprint density at radius 3 is 2.68 bits per heavy atom. The van der Waals surface area contributed by atoms with Gasteiger partial charge in [-0.1, -0.05) is 18.2 Å². The first-order valence-corrected chi connectivity index (χ1v) is 8.46. The third kappa shape index (κ3) is 6.08. The van der Waals surface area contributed by atoms with Crippen molar-refractivity contribution in [2.75, 3.05) is 26.7 Å². The molecule has 0 amide bonds. The van der Waals surface area contributed by atoms with Gasteiger partial charge in [-0.15, -0.1) is 0 Å². The predicted octanol–water partition coefficient (Wildman–Crippen LogP) is 1.92. The number of rotatable bonds is 8. The van der Waals surface area contributed by atoms with Gasteiger partial charge in [-0.3, -0.25) is 9.98 Å². The molecule has 0 bridgehead atoms. The van der Waals surface area contributed by atoms with E-state index >= 15 is 0 Å². The van der Waals surface area contributed by atoms with Crippen molar-refractivity contribution in [3.8, 4) is 5.75 Å². The zero-order chi connectivity index (χ0) is 17.9. The lowest BCUT2D eigenvalue weighted by atomic mass is 10.1. The molecule has 6 nitrogen and oxygen atoms in total. The highest BCUT2D eigenvalue weighted by Gasteiger charge is 2.07. The van der Waals surface area contributed by atoms with Crippen molar-refractivity contribution >= 4 is 5.96 Å². The van der Waals surface area contributed by atoms with Crippen molar-refractivity contribution in [3.63, 3.8) is 0 Å².